The molecule has 1 aliphatic heterocycles. The van der Waals surface area contributed by atoms with Gasteiger partial charge in [0.05, 0.1) is 5.69 Å². The Balaban J connectivity index is 1.25. The van der Waals surface area contributed by atoms with E-state index in [0.29, 0.717) is 5.92 Å². The van der Waals surface area contributed by atoms with Gasteiger partial charge in [0, 0.05) is 36.9 Å². The van der Waals surface area contributed by atoms with Crippen LogP contribution in [0.1, 0.15) is 23.5 Å². The number of rotatable bonds is 3. The number of hydrogen-bond donors (Lipinski definition) is 1. The Morgan fingerprint density at radius 3 is 2.07 bits per heavy atom. The zero-order valence-electron chi connectivity index (χ0n) is 24.6. The molecule has 0 spiro atoms. The third kappa shape index (κ3) is 4.62. The molecule has 0 saturated heterocycles. The van der Waals surface area contributed by atoms with Crippen LogP contribution in [0.15, 0.2) is 151 Å². The Hall–Kier alpha value is -4.84. The van der Waals surface area contributed by atoms with E-state index in [1.165, 1.54) is 74.8 Å². The Morgan fingerprint density at radius 1 is 0.644 bits per heavy atom. The number of benzene rings is 5. The summed E-state index contributed by atoms with van der Waals surface area (Å²) >= 11 is 3.79. The summed E-state index contributed by atoms with van der Waals surface area (Å²) in [6.07, 6.45) is 5.69. The highest BCUT2D eigenvalue weighted by atomic mass is 32.1. The number of hydrogen-bond acceptors (Lipinski definition) is 4. The quantitative estimate of drug-likeness (QED) is 0.200. The number of allylic oxidation sites excluding steroid dienone is 3. The fraction of sp³-hybridized carbons (Fsp3) is 0.0500. The molecule has 5 heteroatoms. The lowest BCUT2D eigenvalue weighted by atomic mass is 9.77. The van der Waals surface area contributed by atoms with Crippen LogP contribution in [0.4, 0.5) is 16.4 Å². The number of thiophene rings is 2. The van der Waals surface area contributed by atoms with Crippen molar-refractivity contribution in [2.45, 2.75) is 12.3 Å². The van der Waals surface area contributed by atoms with Gasteiger partial charge < -0.3 is 10.1 Å². The van der Waals surface area contributed by atoms with Gasteiger partial charge in [-0.3, -0.25) is 0 Å². The van der Waals surface area contributed by atoms with Crippen LogP contribution in [0, 0.1) is 0 Å². The second-order valence-electron chi connectivity index (χ2n) is 11.8. The molecule has 0 fully saturated rings. The molecule has 0 amide bonds. The smallest absolute Gasteiger partial charge is 0.287 e. The molecule has 5 aromatic carbocycles. The van der Waals surface area contributed by atoms with E-state index in [-0.39, 0.29) is 0 Å². The van der Waals surface area contributed by atoms with E-state index in [0.717, 1.165) is 13.8 Å². The summed E-state index contributed by atoms with van der Waals surface area (Å²) in [5.74, 6) is 0.336. The molecule has 1 unspecified atom stereocenters. The third-order valence-corrected chi connectivity index (χ3v) is 11.3. The highest BCUT2D eigenvalue weighted by molar-refractivity contribution is 7.28. The van der Waals surface area contributed by atoms with Gasteiger partial charge in [-0.2, -0.15) is 0 Å². The van der Waals surface area contributed by atoms with Gasteiger partial charge in [0.2, 0.25) is 0 Å². The minimum absolute atomic E-state index is 0.336. The van der Waals surface area contributed by atoms with E-state index in [9.17, 15) is 0 Å². The Kier molecular flexibility index (Phi) is 6.46. The van der Waals surface area contributed by atoms with Gasteiger partial charge in [-0.05, 0) is 70.0 Å². The first-order valence-electron chi connectivity index (χ1n) is 15.5. The Labute approximate surface area is 271 Å². The lowest BCUT2D eigenvalue weighted by Crippen LogP contribution is -2.32. The molecule has 1 N–H and O–H groups in total. The minimum Gasteiger partial charge on any atom is -0.381 e. The lowest BCUT2D eigenvalue weighted by Gasteiger charge is -2.26. The summed E-state index contributed by atoms with van der Waals surface area (Å²) in [6, 6.07) is 48.5. The van der Waals surface area contributed by atoms with Crippen molar-refractivity contribution in [1.29, 1.82) is 0 Å². The topological polar surface area (TPSA) is 15.3 Å². The van der Waals surface area contributed by atoms with E-state index in [1.54, 1.807) is 0 Å². The van der Waals surface area contributed by atoms with Crippen LogP contribution in [0.3, 0.4) is 0 Å². The molecule has 0 saturated carbocycles. The number of fused-ring (bicyclic) bond motifs is 7. The molecule has 3 heterocycles. The molecular weight excluding hydrogens is 583 g/mol. The van der Waals surface area contributed by atoms with Crippen LogP contribution in [0.5, 0.6) is 0 Å². The average Bonchev–Trinajstić information content (AvgIpc) is 3.66. The lowest BCUT2D eigenvalue weighted by molar-refractivity contribution is 0.862. The van der Waals surface area contributed by atoms with Crippen molar-refractivity contribution in [1.82, 2.24) is 0 Å². The highest BCUT2D eigenvalue weighted by Crippen LogP contribution is 2.49. The van der Waals surface area contributed by atoms with E-state index >= 15 is 0 Å². The zero-order chi connectivity index (χ0) is 29.7. The third-order valence-electron chi connectivity index (χ3n) is 9.12. The summed E-state index contributed by atoms with van der Waals surface area (Å²) in [7, 11) is 0.797. The maximum atomic E-state index is 4.01. The maximum absolute atomic E-state index is 4.01. The first-order valence-corrected chi connectivity index (χ1v) is 17.1. The van der Waals surface area contributed by atoms with Crippen LogP contribution in [-0.4, -0.2) is 7.41 Å². The molecule has 9 rings (SSSR count). The van der Waals surface area contributed by atoms with Gasteiger partial charge in [-0.1, -0.05) is 115 Å². The first kappa shape index (κ1) is 26.6. The SMILES string of the molecule is B1c2sc3ccccc3c2C2=C(C=CC(c3ccccc3)C2)Nc2sc3ccccc3c2N1c1ccc(-c2ccccc2)cc1. The molecule has 2 aromatic heterocycles. The van der Waals surface area contributed by atoms with Gasteiger partial charge in [-0.15, -0.1) is 22.7 Å². The van der Waals surface area contributed by atoms with Gasteiger partial charge in [0.1, 0.15) is 5.00 Å². The zero-order valence-corrected chi connectivity index (χ0v) is 26.2. The summed E-state index contributed by atoms with van der Waals surface area (Å²) in [4.78, 5) is 2.54. The van der Waals surface area contributed by atoms with Crippen LogP contribution in [0.25, 0.3) is 36.9 Å². The van der Waals surface area contributed by atoms with Gasteiger partial charge >= 0.3 is 0 Å². The van der Waals surface area contributed by atoms with Crippen LogP contribution >= 0.6 is 22.7 Å². The Morgan fingerprint density at radius 2 is 1.29 bits per heavy atom. The van der Waals surface area contributed by atoms with Crippen molar-refractivity contribution in [3.63, 3.8) is 0 Å². The largest absolute Gasteiger partial charge is 0.381 e. The Bertz CT molecular complexity index is 2250. The fourth-order valence-corrected chi connectivity index (χ4v) is 9.29. The van der Waals surface area contributed by atoms with Crippen molar-refractivity contribution >= 4 is 77.0 Å². The normalized spacial score (nSPS) is 15.8. The van der Waals surface area contributed by atoms with E-state index in [1.807, 2.05) is 22.7 Å². The van der Waals surface area contributed by atoms with E-state index < -0.39 is 0 Å². The molecule has 2 nitrogen and oxygen atoms in total. The second-order valence-corrected chi connectivity index (χ2v) is 14.0. The molecule has 45 heavy (non-hydrogen) atoms. The van der Waals surface area contributed by atoms with Crippen molar-refractivity contribution in [3.05, 3.63) is 162 Å². The number of anilines is 3. The monoisotopic (exact) mass is 612 g/mol. The summed E-state index contributed by atoms with van der Waals surface area (Å²) < 4.78 is 4.04. The average molecular weight is 613 g/mol. The fourth-order valence-electron chi connectivity index (χ4n) is 6.95. The van der Waals surface area contributed by atoms with Gasteiger partial charge in [0.15, 0.2) is 0 Å². The molecule has 1 atom stereocenters. The molecule has 0 radical (unpaired) electrons. The summed E-state index contributed by atoms with van der Waals surface area (Å²) in [5.41, 5.74) is 10.3. The first-order chi connectivity index (χ1) is 22.3. The van der Waals surface area contributed by atoms with Crippen molar-refractivity contribution < 1.29 is 0 Å². The number of nitrogens with zero attached hydrogens (tertiary/aromatic N) is 1. The van der Waals surface area contributed by atoms with Crippen molar-refractivity contribution in [2.75, 3.05) is 10.1 Å². The van der Waals surface area contributed by atoms with Gasteiger partial charge in [0.25, 0.3) is 7.41 Å². The molecule has 0 bridgehead atoms. The minimum atomic E-state index is 0.336. The molecule has 7 aromatic rings. The van der Waals surface area contributed by atoms with E-state index in [2.05, 4.69) is 156 Å². The standard InChI is InChI=1S/C40H29BN2S2/c1-3-11-26(12-4-1)28-19-22-30(23-20-28)43-38-32-16-8-10-18-36(32)45-40(38)42-34-24-21-29(27-13-5-2-6-14-27)25-33(34)37-31-15-7-9-17-35(31)44-39(37)41-43/h1-24,29,41-42H,25H2. The molecule has 214 valence electrons. The molecule has 1 aliphatic carbocycles. The van der Waals surface area contributed by atoms with Crippen LogP contribution in [-0.2, 0) is 0 Å². The highest BCUT2D eigenvalue weighted by Gasteiger charge is 2.31. The molecule has 2 aliphatic rings. The van der Waals surface area contributed by atoms with Crippen molar-refractivity contribution in [3.8, 4) is 11.1 Å². The summed E-state index contributed by atoms with van der Waals surface area (Å²) in [6.45, 7) is 0. The van der Waals surface area contributed by atoms with E-state index in [4.69, 9.17) is 0 Å². The maximum Gasteiger partial charge on any atom is 0.287 e. The molecular formula is C40H29BN2S2. The predicted octanol–water partition coefficient (Wildman–Crippen LogP) is 10.5. The second kappa shape index (κ2) is 11.0. The predicted molar refractivity (Wildman–Crippen MR) is 198 cm³/mol. The van der Waals surface area contributed by atoms with Crippen LogP contribution < -0.4 is 14.9 Å². The van der Waals surface area contributed by atoms with Crippen molar-refractivity contribution in [2.24, 2.45) is 0 Å². The van der Waals surface area contributed by atoms with Crippen LogP contribution in [0.2, 0.25) is 0 Å². The van der Waals surface area contributed by atoms with Gasteiger partial charge in [-0.25, -0.2) is 0 Å². The summed E-state index contributed by atoms with van der Waals surface area (Å²) in [5, 5.41) is 7.84. The number of nitrogens with one attached hydrogen (secondary N) is 1.